The van der Waals surface area contributed by atoms with Crippen LogP contribution in [0.1, 0.15) is 19.4 Å². The van der Waals surface area contributed by atoms with Crippen LogP contribution in [0.3, 0.4) is 0 Å². The van der Waals surface area contributed by atoms with Crippen molar-refractivity contribution in [1.82, 2.24) is 14.9 Å². The fraction of sp³-hybridized carbons (Fsp3) is 0.474. The molecule has 0 radical (unpaired) electrons. The van der Waals surface area contributed by atoms with Crippen LogP contribution in [0.25, 0.3) is 0 Å². The minimum absolute atomic E-state index is 0.0246. The highest BCUT2D eigenvalue weighted by Gasteiger charge is 2.32. The molecule has 8 heteroatoms. The van der Waals surface area contributed by atoms with Gasteiger partial charge in [0.1, 0.15) is 0 Å². The monoisotopic (exact) mass is 380 g/mol. The lowest BCUT2D eigenvalue weighted by Gasteiger charge is -2.37. The molecule has 0 N–H and O–H groups in total. The molecule has 1 aromatic carbocycles. The Hall–Kier alpha value is -2.35. The van der Waals surface area contributed by atoms with Crippen LogP contribution in [0.5, 0.6) is 11.8 Å². The van der Waals surface area contributed by atoms with Crippen LogP contribution in [0.4, 0.5) is 18.9 Å². The second kappa shape index (κ2) is 8.12. The summed E-state index contributed by atoms with van der Waals surface area (Å²) in [5, 5.41) is 0. The molecular formula is C19H23F3N4O. The number of anilines is 1. The standard InChI is InChI=1S/C19H23F3N4O/c1-14(2)13-25-8-10-26(11-9-25)16-5-4-15(19(20,21)22)12-17(16)27-18-23-6-3-7-24-18/h3-7,12,14H,8-11,13H2,1-2H3. The highest BCUT2D eigenvalue weighted by molar-refractivity contribution is 5.61. The summed E-state index contributed by atoms with van der Waals surface area (Å²) < 4.78 is 45.1. The molecule has 27 heavy (non-hydrogen) atoms. The fourth-order valence-electron chi connectivity index (χ4n) is 3.16. The van der Waals surface area contributed by atoms with Gasteiger partial charge in [-0.3, -0.25) is 4.90 Å². The van der Waals surface area contributed by atoms with Crippen molar-refractivity contribution in [2.24, 2.45) is 5.92 Å². The van der Waals surface area contributed by atoms with Gasteiger partial charge in [0.05, 0.1) is 11.3 Å². The van der Waals surface area contributed by atoms with E-state index in [0.717, 1.165) is 44.9 Å². The Morgan fingerprint density at radius 3 is 2.33 bits per heavy atom. The summed E-state index contributed by atoms with van der Waals surface area (Å²) in [5.41, 5.74) is -0.129. The first-order valence-corrected chi connectivity index (χ1v) is 8.96. The maximum absolute atomic E-state index is 13.1. The molecule has 0 unspecified atom stereocenters. The largest absolute Gasteiger partial charge is 0.422 e. The SMILES string of the molecule is CC(C)CN1CCN(c2ccc(C(F)(F)F)cc2Oc2ncccn2)CC1. The first kappa shape index (κ1) is 19.4. The van der Waals surface area contributed by atoms with E-state index < -0.39 is 11.7 Å². The minimum Gasteiger partial charge on any atom is -0.422 e. The smallest absolute Gasteiger partial charge is 0.416 e. The molecule has 1 aliphatic rings. The number of hydrogen-bond acceptors (Lipinski definition) is 5. The van der Waals surface area contributed by atoms with Crippen molar-refractivity contribution in [2.75, 3.05) is 37.6 Å². The number of hydrogen-bond donors (Lipinski definition) is 0. The van der Waals surface area contributed by atoms with E-state index in [2.05, 4.69) is 33.6 Å². The van der Waals surface area contributed by atoms with Crippen LogP contribution < -0.4 is 9.64 Å². The zero-order chi connectivity index (χ0) is 19.4. The van der Waals surface area contributed by atoms with Crippen LogP contribution >= 0.6 is 0 Å². The molecule has 146 valence electrons. The van der Waals surface area contributed by atoms with Gasteiger partial charge in [0, 0.05) is 45.1 Å². The van der Waals surface area contributed by atoms with Crippen molar-refractivity contribution in [3.05, 3.63) is 42.2 Å². The predicted molar refractivity (Wildman–Crippen MR) is 97.0 cm³/mol. The van der Waals surface area contributed by atoms with Gasteiger partial charge in [0.15, 0.2) is 5.75 Å². The van der Waals surface area contributed by atoms with Crippen LogP contribution in [0, 0.1) is 5.92 Å². The number of alkyl halides is 3. The van der Waals surface area contributed by atoms with Crippen molar-refractivity contribution in [2.45, 2.75) is 20.0 Å². The molecule has 0 aliphatic carbocycles. The Balaban J connectivity index is 1.83. The van der Waals surface area contributed by atoms with E-state index in [1.54, 1.807) is 6.07 Å². The topological polar surface area (TPSA) is 41.5 Å². The summed E-state index contributed by atoms with van der Waals surface area (Å²) in [6.45, 7) is 8.54. The number of ether oxygens (including phenoxy) is 1. The Bertz CT molecular complexity index is 744. The van der Waals surface area contributed by atoms with E-state index in [9.17, 15) is 13.2 Å². The lowest BCUT2D eigenvalue weighted by Crippen LogP contribution is -2.47. The molecule has 5 nitrogen and oxygen atoms in total. The second-order valence-corrected chi connectivity index (χ2v) is 7.00. The number of halogens is 3. The van der Waals surface area contributed by atoms with E-state index in [-0.39, 0.29) is 11.8 Å². The van der Waals surface area contributed by atoms with Gasteiger partial charge in [0.25, 0.3) is 0 Å². The predicted octanol–water partition coefficient (Wildman–Crippen LogP) is 4.07. The Labute approximate surface area is 156 Å². The van der Waals surface area contributed by atoms with Gasteiger partial charge in [-0.05, 0) is 30.2 Å². The summed E-state index contributed by atoms with van der Waals surface area (Å²) in [6.07, 6.45) is -1.47. The number of piperazine rings is 1. The summed E-state index contributed by atoms with van der Waals surface area (Å²) in [6, 6.07) is 5.23. The summed E-state index contributed by atoms with van der Waals surface area (Å²) >= 11 is 0. The number of rotatable bonds is 5. The van der Waals surface area contributed by atoms with Crippen molar-refractivity contribution >= 4 is 5.69 Å². The molecule has 1 aliphatic heterocycles. The van der Waals surface area contributed by atoms with Crippen molar-refractivity contribution in [3.8, 4) is 11.8 Å². The third kappa shape index (κ3) is 5.09. The lowest BCUT2D eigenvalue weighted by atomic mass is 10.1. The minimum atomic E-state index is -4.44. The fourth-order valence-corrected chi connectivity index (χ4v) is 3.16. The summed E-state index contributed by atoms with van der Waals surface area (Å²) in [5.74, 6) is 0.699. The quantitative estimate of drug-likeness (QED) is 0.782. The van der Waals surface area contributed by atoms with Gasteiger partial charge in [-0.25, -0.2) is 9.97 Å². The highest BCUT2D eigenvalue weighted by Crippen LogP contribution is 2.38. The lowest BCUT2D eigenvalue weighted by molar-refractivity contribution is -0.137. The second-order valence-electron chi connectivity index (χ2n) is 7.00. The molecule has 1 aromatic heterocycles. The van der Waals surface area contributed by atoms with Gasteiger partial charge in [-0.1, -0.05) is 13.8 Å². The van der Waals surface area contributed by atoms with Crippen LogP contribution in [-0.2, 0) is 6.18 Å². The van der Waals surface area contributed by atoms with Crippen molar-refractivity contribution in [1.29, 1.82) is 0 Å². The highest BCUT2D eigenvalue weighted by atomic mass is 19.4. The molecule has 2 heterocycles. The van der Waals surface area contributed by atoms with Gasteiger partial charge in [-0.15, -0.1) is 0 Å². The van der Waals surface area contributed by atoms with Crippen LogP contribution in [-0.4, -0.2) is 47.6 Å². The maximum atomic E-state index is 13.1. The molecule has 3 rings (SSSR count). The Kier molecular flexibility index (Phi) is 5.84. The normalized spacial score (nSPS) is 16.0. The van der Waals surface area contributed by atoms with Gasteiger partial charge in [-0.2, -0.15) is 13.2 Å². The molecule has 0 amide bonds. The van der Waals surface area contributed by atoms with Gasteiger partial charge >= 0.3 is 12.2 Å². The number of aromatic nitrogens is 2. The molecule has 0 spiro atoms. The molecule has 0 saturated carbocycles. The van der Waals surface area contributed by atoms with Crippen molar-refractivity contribution in [3.63, 3.8) is 0 Å². The zero-order valence-corrected chi connectivity index (χ0v) is 15.4. The first-order valence-electron chi connectivity index (χ1n) is 8.96. The maximum Gasteiger partial charge on any atom is 0.416 e. The van der Waals surface area contributed by atoms with Crippen LogP contribution in [0.2, 0.25) is 0 Å². The Morgan fingerprint density at radius 2 is 1.74 bits per heavy atom. The summed E-state index contributed by atoms with van der Waals surface area (Å²) in [7, 11) is 0. The molecule has 1 fully saturated rings. The first-order chi connectivity index (χ1) is 12.8. The van der Waals surface area contributed by atoms with Gasteiger partial charge in [0.2, 0.25) is 0 Å². The Morgan fingerprint density at radius 1 is 1.07 bits per heavy atom. The summed E-state index contributed by atoms with van der Waals surface area (Å²) in [4.78, 5) is 12.3. The zero-order valence-electron chi connectivity index (χ0n) is 15.4. The number of benzene rings is 1. The van der Waals surface area contributed by atoms with E-state index >= 15 is 0 Å². The van der Waals surface area contributed by atoms with E-state index in [4.69, 9.17) is 4.74 Å². The average Bonchev–Trinajstić information content (AvgIpc) is 2.62. The molecule has 0 atom stereocenters. The average molecular weight is 380 g/mol. The van der Waals surface area contributed by atoms with Crippen LogP contribution in [0.15, 0.2) is 36.7 Å². The molecule has 2 aromatic rings. The van der Waals surface area contributed by atoms with E-state index in [1.165, 1.54) is 18.5 Å². The molecule has 1 saturated heterocycles. The molecular weight excluding hydrogens is 357 g/mol. The third-order valence-corrected chi connectivity index (χ3v) is 4.37. The third-order valence-electron chi connectivity index (χ3n) is 4.37. The molecule has 0 bridgehead atoms. The van der Waals surface area contributed by atoms with Gasteiger partial charge < -0.3 is 9.64 Å². The van der Waals surface area contributed by atoms with Crippen molar-refractivity contribution < 1.29 is 17.9 Å². The number of nitrogens with zero attached hydrogens (tertiary/aromatic N) is 4. The van der Waals surface area contributed by atoms with E-state index in [1.807, 2.05) is 0 Å². The van der Waals surface area contributed by atoms with E-state index in [0.29, 0.717) is 11.6 Å².